The third-order valence-electron chi connectivity index (χ3n) is 2.84. The van der Waals surface area contributed by atoms with Gasteiger partial charge in [-0.1, -0.05) is 5.16 Å². The van der Waals surface area contributed by atoms with Crippen molar-refractivity contribution in [2.75, 3.05) is 14.1 Å². The molecule has 0 bridgehead atoms. The lowest BCUT2D eigenvalue weighted by Crippen LogP contribution is -2.38. The van der Waals surface area contributed by atoms with Gasteiger partial charge in [0.1, 0.15) is 12.0 Å². The van der Waals surface area contributed by atoms with Gasteiger partial charge in [0.25, 0.3) is 0 Å². The van der Waals surface area contributed by atoms with Crippen LogP contribution in [-0.2, 0) is 13.1 Å². The van der Waals surface area contributed by atoms with Gasteiger partial charge in [0.2, 0.25) is 0 Å². The first-order chi connectivity index (χ1) is 9.20. The van der Waals surface area contributed by atoms with Crippen LogP contribution in [0.3, 0.4) is 0 Å². The largest absolute Gasteiger partial charge is 0.364 e. The van der Waals surface area contributed by atoms with Crippen molar-refractivity contribution < 1.29 is 4.52 Å². The maximum atomic E-state index is 4.81. The zero-order chi connectivity index (χ0) is 13.7. The Balaban J connectivity index is 1.91. The molecule has 0 aliphatic rings. The van der Waals surface area contributed by atoms with E-state index in [1.165, 1.54) is 0 Å². The number of rotatable bonds is 4. The van der Waals surface area contributed by atoms with E-state index in [2.05, 4.69) is 25.7 Å². The smallest absolute Gasteiger partial charge is 0.194 e. The maximum Gasteiger partial charge on any atom is 0.194 e. The van der Waals surface area contributed by atoms with Gasteiger partial charge in [0.15, 0.2) is 5.96 Å². The SMILES string of the molecule is CN=C(NCc1cn[nH]c1C)N(C)Cc1ccon1. The highest BCUT2D eigenvalue weighted by molar-refractivity contribution is 5.79. The van der Waals surface area contributed by atoms with E-state index in [9.17, 15) is 0 Å². The zero-order valence-electron chi connectivity index (χ0n) is 11.3. The van der Waals surface area contributed by atoms with Crippen LogP contribution in [0.1, 0.15) is 17.0 Å². The van der Waals surface area contributed by atoms with Gasteiger partial charge < -0.3 is 14.7 Å². The monoisotopic (exact) mass is 262 g/mol. The Labute approximate surface area is 111 Å². The Bertz CT molecular complexity index is 530. The Morgan fingerprint density at radius 3 is 3.00 bits per heavy atom. The number of aromatic amines is 1. The lowest BCUT2D eigenvalue weighted by molar-refractivity contribution is 0.391. The van der Waals surface area contributed by atoms with Gasteiger partial charge in [0.05, 0.1) is 12.7 Å². The number of aromatic nitrogens is 3. The number of nitrogens with zero attached hydrogens (tertiary/aromatic N) is 4. The highest BCUT2D eigenvalue weighted by atomic mass is 16.5. The number of guanidine groups is 1. The molecule has 2 aromatic rings. The van der Waals surface area contributed by atoms with Crippen molar-refractivity contribution in [1.29, 1.82) is 0 Å². The van der Waals surface area contributed by atoms with Crippen molar-refractivity contribution in [1.82, 2.24) is 25.6 Å². The molecular weight excluding hydrogens is 244 g/mol. The fourth-order valence-electron chi connectivity index (χ4n) is 1.75. The van der Waals surface area contributed by atoms with Crippen molar-refractivity contribution in [3.8, 4) is 0 Å². The highest BCUT2D eigenvalue weighted by Crippen LogP contribution is 2.03. The molecule has 2 aromatic heterocycles. The molecular formula is C12H18N6O. The number of nitrogens with one attached hydrogen (secondary N) is 2. The normalized spacial score (nSPS) is 11.6. The van der Waals surface area contributed by atoms with Crippen LogP contribution in [-0.4, -0.2) is 40.3 Å². The molecule has 19 heavy (non-hydrogen) atoms. The molecule has 2 heterocycles. The predicted octanol–water partition coefficient (Wildman–Crippen LogP) is 0.914. The van der Waals surface area contributed by atoms with Crippen LogP contribution < -0.4 is 5.32 Å². The van der Waals surface area contributed by atoms with Crippen molar-refractivity contribution in [2.45, 2.75) is 20.0 Å². The van der Waals surface area contributed by atoms with Crippen molar-refractivity contribution in [3.05, 3.63) is 35.5 Å². The van der Waals surface area contributed by atoms with Crippen LogP contribution >= 0.6 is 0 Å². The van der Waals surface area contributed by atoms with Crippen LogP contribution in [0.4, 0.5) is 0 Å². The first-order valence-corrected chi connectivity index (χ1v) is 6.00. The molecule has 0 aliphatic heterocycles. The maximum absolute atomic E-state index is 4.81. The number of H-pyrrole nitrogens is 1. The second-order valence-electron chi connectivity index (χ2n) is 4.27. The van der Waals surface area contributed by atoms with E-state index in [1.54, 1.807) is 13.3 Å². The fourth-order valence-corrected chi connectivity index (χ4v) is 1.75. The lowest BCUT2D eigenvalue weighted by atomic mass is 10.3. The predicted molar refractivity (Wildman–Crippen MR) is 71.5 cm³/mol. The van der Waals surface area contributed by atoms with Crippen molar-refractivity contribution >= 4 is 5.96 Å². The summed E-state index contributed by atoms with van der Waals surface area (Å²) in [7, 11) is 3.70. The third-order valence-corrected chi connectivity index (χ3v) is 2.84. The quantitative estimate of drug-likeness (QED) is 0.632. The third kappa shape index (κ3) is 3.34. The van der Waals surface area contributed by atoms with Gasteiger partial charge in [-0.15, -0.1) is 0 Å². The summed E-state index contributed by atoms with van der Waals surface area (Å²) in [5.74, 6) is 0.795. The summed E-state index contributed by atoms with van der Waals surface area (Å²) in [6.07, 6.45) is 3.38. The standard InChI is InChI=1S/C12H18N6O/c1-9-10(7-15-16-9)6-14-12(13-2)18(3)8-11-4-5-19-17-11/h4-5,7H,6,8H2,1-3H3,(H,13,14)(H,15,16). The first-order valence-electron chi connectivity index (χ1n) is 6.00. The van der Waals surface area contributed by atoms with Crippen LogP contribution in [0.5, 0.6) is 0 Å². The summed E-state index contributed by atoms with van der Waals surface area (Å²) in [5, 5.41) is 14.1. The van der Waals surface area contributed by atoms with E-state index in [1.807, 2.05) is 31.1 Å². The van der Waals surface area contributed by atoms with Gasteiger partial charge in [-0.25, -0.2) is 0 Å². The summed E-state index contributed by atoms with van der Waals surface area (Å²) >= 11 is 0. The summed E-state index contributed by atoms with van der Waals surface area (Å²) in [4.78, 5) is 6.22. The molecule has 7 nitrogen and oxygen atoms in total. The van der Waals surface area contributed by atoms with E-state index in [4.69, 9.17) is 4.52 Å². The highest BCUT2D eigenvalue weighted by Gasteiger charge is 2.09. The van der Waals surface area contributed by atoms with E-state index in [0.717, 1.165) is 22.9 Å². The Morgan fingerprint density at radius 2 is 2.42 bits per heavy atom. The molecule has 0 saturated heterocycles. The Kier molecular flexibility index (Phi) is 4.17. The van der Waals surface area contributed by atoms with Gasteiger partial charge >= 0.3 is 0 Å². The van der Waals surface area contributed by atoms with E-state index in [-0.39, 0.29) is 0 Å². The molecule has 0 saturated carbocycles. The summed E-state index contributed by atoms with van der Waals surface area (Å²) in [6, 6.07) is 1.84. The van der Waals surface area contributed by atoms with Crippen LogP contribution in [0.15, 0.2) is 28.0 Å². The van der Waals surface area contributed by atoms with Gasteiger partial charge in [-0.3, -0.25) is 10.1 Å². The Morgan fingerprint density at radius 1 is 1.58 bits per heavy atom. The van der Waals surface area contributed by atoms with Gasteiger partial charge in [-0.05, 0) is 6.92 Å². The average molecular weight is 262 g/mol. The first kappa shape index (κ1) is 13.1. The second kappa shape index (κ2) is 6.03. The minimum atomic E-state index is 0.639. The second-order valence-corrected chi connectivity index (χ2v) is 4.27. The topological polar surface area (TPSA) is 82.3 Å². The number of hydrogen-bond acceptors (Lipinski definition) is 4. The number of hydrogen-bond donors (Lipinski definition) is 2. The number of aryl methyl sites for hydroxylation is 1. The Hall–Kier alpha value is -2.31. The van der Waals surface area contributed by atoms with Gasteiger partial charge in [0, 0.05) is 38.0 Å². The zero-order valence-corrected chi connectivity index (χ0v) is 11.3. The molecule has 7 heteroatoms. The minimum absolute atomic E-state index is 0.639. The van der Waals surface area contributed by atoms with Crippen molar-refractivity contribution in [3.63, 3.8) is 0 Å². The molecule has 0 spiro atoms. The molecule has 0 radical (unpaired) electrons. The van der Waals surface area contributed by atoms with Crippen LogP contribution in [0.25, 0.3) is 0 Å². The molecule has 2 N–H and O–H groups in total. The number of aliphatic imine (C=N–C) groups is 1. The average Bonchev–Trinajstić information content (AvgIpc) is 3.02. The minimum Gasteiger partial charge on any atom is -0.364 e. The molecule has 0 amide bonds. The summed E-state index contributed by atoms with van der Waals surface area (Å²) in [5.41, 5.74) is 3.04. The lowest BCUT2D eigenvalue weighted by Gasteiger charge is -2.20. The summed E-state index contributed by atoms with van der Waals surface area (Å²) in [6.45, 7) is 3.31. The molecule has 0 aliphatic carbocycles. The molecule has 0 atom stereocenters. The van der Waals surface area contributed by atoms with Gasteiger partial charge in [-0.2, -0.15) is 5.10 Å². The summed E-state index contributed by atoms with van der Waals surface area (Å²) < 4.78 is 4.81. The fraction of sp³-hybridized carbons (Fsp3) is 0.417. The molecule has 2 rings (SSSR count). The molecule has 0 unspecified atom stereocenters. The van der Waals surface area contributed by atoms with E-state index < -0.39 is 0 Å². The molecule has 0 aromatic carbocycles. The van der Waals surface area contributed by atoms with E-state index in [0.29, 0.717) is 13.1 Å². The van der Waals surface area contributed by atoms with E-state index >= 15 is 0 Å². The molecule has 0 fully saturated rings. The van der Waals surface area contributed by atoms with Crippen LogP contribution in [0, 0.1) is 6.92 Å². The van der Waals surface area contributed by atoms with Crippen LogP contribution in [0.2, 0.25) is 0 Å². The molecule has 102 valence electrons. The van der Waals surface area contributed by atoms with Crippen molar-refractivity contribution in [2.24, 2.45) is 4.99 Å².